The van der Waals surface area contributed by atoms with E-state index in [1.165, 1.54) is 12.1 Å². The molecule has 0 radical (unpaired) electrons. The summed E-state index contributed by atoms with van der Waals surface area (Å²) >= 11 is 0. The second kappa shape index (κ2) is 7.06. The van der Waals surface area contributed by atoms with Gasteiger partial charge in [0.25, 0.3) is 5.69 Å². The molecule has 2 aliphatic rings. The molecule has 0 bridgehead atoms. The second-order valence-corrected chi connectivity index (χ2v) is 5.61. The van der Waals surface area contributed by atoms with Crippen LogP contribution in [0.15, 0.2) is 48.5 Å². The molecule has 0 saturated carbocycles. The molecule has 0 amide bonds. The van der Waals surface area contributed by atoms with Gasteiger partial charge in [0.05, 0.1) is 16.3 Å². The van der Waals surface area contributed by atoms with Crippen molar-refractivity contribution < 1.29 is 19.6 Å². The van der Waals surface area contributed by atoms with E-state index in [0.29, 0.717) is 5.56 Å². The minimum atomic E-state index is -0.670. The number of nitrogens with zero attached hydrogens (tertiary/aromatic N) is 1. The number of fused-ring (bicyclic) bond motifs is 2. The molecule has 0 aromatic heterocycles. The third-order valence-electron chi connectivity index (χ3n) is 3.91. The first-order valence-electron chi connectivity index (χ1n) is 7.82. The van der Waals surface area contributed by atoms with E-state index in [9.17, 15) is 24.8 Å². The molecular formula is C18H15N3O5. The lowest BCUT2D eigenvalue weighted by Gasteiger charge is -2.18. The lowest BCUT2D eigenvalue weighted by molar-refractivity contribution is -0.384. The number of anilines is 2. The van der Waals surface area contributed by atoms with Gasteiger partial charge in [-0.2, -0.15) is 0 Å². The van der Waals surface area contributed by atoms with Crippen LogP contribution >= 0.6 is 0 Å². The maximum Gasteiger partial charge on any atom is 0.271 e. The number of ketones is 2. The zero-order valence-electron chi connectivity index (χ0n) is 13.6. The number of hydrogen-bond acceptors (Lipinski definition) is 7. The number of non-ortho nitro benzene ring substituents is 1. The molecule has 8 heteroatoms. The molecular weight excluding hydrogens is 338 g/mol. The van der Waals surface area contributed by atoms with Gasteiger partial charge in [-0.1, -0.05) is 24.3 Å². The van der Waals surface area contributed by atoms with Gasteiger partial charge in [0.2, 0.25) is 11.6 Å². The molecule has 0 fully saturated rings. The predicted molar refractivity (Wildman–Crippen MR) is 96.5 cm³/mol. The van der Waals surface area contributed by atoms with E-state index < -0.39 is 16.5 Å². The summed E-state index contributed by atoms with van der Waals surface area (Å²) in [5.74, 6) is -1.37. The molecule has 2 aromatic carbocycles. The Labute approximate surface area is 148 Å². The summed E-state index contributed by atoms with van der Waals surface area (Å²) in [5.41, 5.74) is 2.55. The number of carbonyl (C=O) groups excluding carboxylic acids is 2. The van der Waals surface area contributed by atoms with Crippen molar-refractivity contribution in [2.45, 2.75) is 0 Å². The van der Waals surface area contributed by atoms with Crippen LogP contribution in [0.3, 0.4) is 0 Å². The number of Topliss-reactive ketones (excluding diaryl/α,β-unsaturated/α-hetero) is 1. The fourth-order valence-corrected chi connectivity index (χ4v) is 2.65. The van der Waals surface area contributed by atoms with Gasteiger partial charge < -0.3 is 15.7 Å². The highest BCUT2D eigenvalue weighted by Crippen LogP contribution is 2.28. The fraction of sp³-hybridized carbons (Fsp3) is 0.111. The molecule has 1 aliphatic carbocycles. The summed E-state index contributed by atoms with van der Waals surface area (Å²) in [6.07, 6.45) is 0.949. The molecule has 0 atom stereocenters. The van der Waals surface area contributed by atoms with E-state index in [1.54, 1.807) is 30.3 Å². The van der Waals surface area contributed by atoms with Gasteiger partial charge >= 0.3 is 0 Å². The summed E-state index contributed by atoms with van der Waals surface area (Å²) in [7, 11) is 0. The van der Waals surface area contributed by atoms with E-state index in [2.05, 4.69) is 10.6 Å². The molecule has 26 heavy (non-hydrogen) atoms. The Morgan fingerprint density at radius 3 is 2.31 bits per heavy atom. The minimum Gasteiger partial charge on any atom is -0.507 e. The summed E-state index contributed by atoms with van der Waals surface area (Å²) < 4.78 is 0. The number of rotatable bonds is 1. The van der Waals surface area contributed by atoms with Crippen molar-refractivity contribution in [1.82, 2.24) is 0 Å². The van der Waals surface area contributed by atoms with Gasteiger partial charge in [-0.25, -0.2) is 0 Å². The Morgan fingerprint density at radius 2 is 1.62 bits per heavy atom. The van der Waals surface area contributed by atoms with E-state index in [-0.39, 0.29) is 17.0 Å². The third-order valence-corrected chi connectivity index (χ3v) is 3.91. The number of benzene rings is 2. The number of allylic oxidation sites excluding steroid dienone is 1. The first-order valence-corrected chi connectivity index (χ1v) is 7.82. The number of nitrogens with one attached hydrogen (secondary N) is 2. The molecule has 0 unspecified atom stereocenters. The Kier molecular flexibility index (Phi) is 4.66. The number of carbonyl (C=O) groups is 2. The van der Waals surface area contributed by atoms with Crippen LogP contribution in [0.1, 0.15) is 15.9 Å². The highest BCUT2D eigenvalue weighted by Gasteiger charge is 2.24. The van der Waals surface area contributed by atoms with E-state index in [0.717, 1.165) is 30.5 Å². The summed E-state index contributed by atoms with van der Waals surface area (Å²) in [6, 6.07) is 11.2. The van der Waals surface area contributed by atoms with Crippen molar-refractivity contribution in [2.24, 2.45) is 0 Å². The summed E-state index contributed by atoms with van der Waals surface area (Å²) in [5, 5.41) is 26.0. The van der Waals surface area contributed by atoms with Gasteiger partial charge in [0.1, 0.15) is 5.76 Å². The zero-order chi connectivity index (χ0) is 18.7. The Bertz CT molecular complexity index is 936. The molecule has 4 rings (SSSR count). The smallest absolute Gasteiger partial charge is 0.271 e. The van der Waals surface area contributed by atoms with Crippen LogP contribution in [-0.2, 0) is 4.79 Å². The maximum atomic E-state index is 11.3. The van der Waals surface area contributed by atoms with Gasteiger partial charge in [-0.15, -0.1) is 0 Å². The van der Waals surface area contributed by atoms with Crippen molar-refractivity contribution in [3.8, 4) is 0 Å². The van der Waals surface area contributed by atoms with Crippen LogP contribution in [0.4, 0.5) is 17.1 Å². The second-order valence-electron chi connectivity index (χ2n) is 5.61. The number of hydrogen-bond donors (Lipinski definition) is 3. The Morgan fingerprint density at radius 1 is 0.962 bits per heavy atom. The summed E-state index contributed by atoms with van der Waals surface area (Å²) in [4.78, 5) is 32.3. The molecule has 2 aromatic rings. The average Bonchev–Trinajstić information content (AvgIpc) is 2.66. The number of aliphatic hydroxyl groups excluding tert-OH is 1. The monoisotopic (exact) mass is 353 g/mol. The molecule has 1 aliphatic heterocycles. The lowest BCUT2D eigenvalue weighted by atomic mass is 9.94. The molecule has 0 saturated heterocycles. The normalized spacial score (nSPS) is 14.5. The third kappa shape index (κ3) is 3.39. The average molecular weight is 353 g/mol. The number of nitro groups is 1. The van der Waals surface area contributed by atoms with Crippen molar-refractivity contribution in [1.29, 1.82) is 0 Å². The molecule has 8 nitrogen and oxygen atoms in total. The largest absolute Gasteiger partial charge is 0.507 e. The maximum absolute atomic E-state index is 11.3. The quantitative estimate of drug-likeness (QED) is 0.409. The van der Waals surface area contributed by atoms with Crippen LogP contribution in [-0.4, -0.2) is 34.7 Å². The molecule has 3 N–H and O–H groups in total. The van der Waals surface area contributed by atoms with Gasteiger partial charge in [0, 0.05) is 42.4 Å². The van der Waals surface area contributed by atoms with E-state index in [4.69, 9.17) is 0 Å². The van der Waals surface area contributed by atoms with Crippen molar-refractivity contribution in [3.05, 3.63) is 69.8 Å². The molecule has 1 heterocycles. The Hall–Kier alpha value is -3.68. The van der Waals surface area contributed by atoms with Gasteiger partial charge in [-0.05, 0) is 6.07 Å². The summed E-state index contributed by atoms with van der Waals surface area (Å²) in [6.45, 7) is 1.65. The van der Waals surface area contributed by atoms with Gasteiger partial charge in [-0.3, -0.25) is 19.7 Å². The molecule has 0 spiro atoms. The van der Waals surface area contributed by atoms with E-state index in [1.807, 2.05) is 0 Å². The van der Waals surface area contributed by atoms with Crippen molar-refractivity contribution in [3.63, 3.8) is 0 Å². The highest BCUT2D eigenvalue weighted by molar-refractivity contribution is 6.50. The fourth-order valence-electron chi connectivity index (χ4n) is 2.65. The van der Waals surface area contributed by atoms with Crippen LogP contribution in [0.25, 0.3) is 5.76 Å². The number of aliphatic hydroxyl groups is 1. The van der Waals surface area contributed by atoms with Crippen LogP contribution in [0.5, 0.6) is 0 Å². The highest BCUT2D eigenvalue weighted by atomic mass is 16.6. The Balaban J connectivity index is 0.000000151. The molecule has 132 valence electrons. The first kappa shape index (κ1) is 17.2. The van der Waals surface area contributed by atoms with Gasteiger partial charge in [0.15, 0.2) is 0 Å². The predicted octanol–water partition coefficient (Wildman–Crippen LogP) is 2.78. The zero-order valence-corrected chi connectivity index (χ0v) is 13.6. The topological polar surface area (TPSA) is 122 Å². The van der Waals surface area contributed by atoms with Crippen molar-refractivity contribution in [2.75, 3.05) is 23.7 Å². The first-order chi connectivity index (χ1) is 12.5. The van der Waals surface area contributed by atoms with Crippen LogP contribution in [0, 0.1) is 10.1 Å². The number of nitro benzene ring substituents is 1. The van der Waals surface area contributed by atoms with Crippen LogP contribution < -0.4 is 10.6 Å². The lowest BCUT2D eigenvalue weighted by Crippen LogP contribution is -2.20. The minimum absolute atomic E-state index is 0.120. The van der Waals surface area contributed by atoms with E-state index >= 15 is 0 Å². The van der Waals surface area contributed by atoms with Crippen molar-refractivity contribution >= 4 is 34.4 Å². The SMILES string of the molecule is O=C1C=C(O)c2ccccc2C1=O.O=[N+]([O-])c1ccc2c(c1)NCCN2. The van der Waals surface area contributed by atoms with Crippen LogP contribution in [0.2, 0.25) is 0 Å². The standard InChI is InChI=1S/C10H6O3.C8H9N3O2/c11-8-5-9(12)10(13)7-4-2-1-3-6(7)8;12-11(13)6-1-2-7-8(5-6)10-4-3-9-7/h1-5,11H;1-2,5,9-10H,3-4H2.